The molecule has 120 valence electrons. The molecule has 0 saturated carbocycles. The van der Waals surface area contributed by atoms with Crippen molar-refractivity contribution >= 4 is 29.2 Å². The molecule has 0 fully saturated rings. The molecule has 1 N–H and O–H groups in total. The number of carbonyl (C=O) groups excluding carboxylic acids is 2. The third-order valence-electron chi connectivity index (χ3n) is 3.47. The molecular formula is C18H18ClNO3. The predicted octanol–water partition coefficient (Wildman–Crippen LogP) is 3.80. The molecule has 0 heterocycles. The molecule has 2 aromatic carbocycles. The van der Waals surface area contributed by atoms with Crippen molar-refractivity contribution in [2.45, 2.75) is 19.3 Å². The SMILES string of the molecule is CC(C)(C(=O)OCC(=O)Nc1ccc(Cl)cc1)c1ccccc1. The molecule has 23 heavy (non-hydrogen) atoms. The molecule has 0 aliphatic carbocycles. The number of anilines is 1. The Morgan fingerprint density at radius 1 is 1.04 bits per heavy atom. The van der Waals surface area contributed by atoms with Crippen molar-refractivity contribution in [1.82, 2.24) is 0 Å². The molecule has 5 heteroatoms. The normalized spacial score (nSPS) is 10.9. The molecular weight excluding hydrogens is 314 g/mol. The lowest BCUT2D eigenvalue weighted by molar-refractivity contribution is -0.152. The minimum atomic E-state index is -0.818. The highest BCUT2D eigenvalue weighted by molar-refractivity contribution is 6.30. The number of halogens is 1. The van der Waals surface area contributed by atoms with Crippen LogP contribution in [0.3, 0.4) is 0 Å². The minimum absolute atomic E-state index is 0.336. The lowest BCUT2D eigenvalue weighted by atomic mass is 9.85. The number of hydrogen-bond donors (Lipinski definition) is 1. The van der Waals surface area contributed by atoms with Gasteiger partial charge in [0, 0.05) is 10.7 Å². The lowest BCUT2D eigenvalue weighted by Crippen LogP contribution is -2.33. The van der Waals surface area contributed by atoms with E-state index in [0.29, 0.717) is 10.7 Å². The zero-order chi connectivity index (χ0) is 16.9. The van der Waals surface area contributed by atoms with Crippen molar-refractivity contribution in [2.75, 3.05) is 11.9 Å². The van der Waals surface area contributed by atoms with Gasteiger partial charge in [-0.2, -0.15) is 0 Å². The Hall–Kier alpha value is -2.33. The van der Waals surface area contributed by atoms with Crippen LogP contribution in [0.2, 0.25) is 5.02 Å². The largest absolute Gasteiger partial charge is 0.455 e. The fourth-order valence-electron chi connectivity index (χ4n) is 2.01. The van der Waals surface area contributed by atoms with E-state index in [0.717, 1.165) is 5.56 Å². The summed E-state index contributed by atoms with van der Waals surface area (Å²) >= 11 is 5.78. The number of carbonyl (C=O) groups is 2. The first kappa shape index (κ1) is 17.0. The summed E-state index contributed by atoms with van der Waals surface area (Å²) in [5.41, 5.74) is 0.614. The Morgan fingerprint density at radius 2 is 1.65 bits per heavy atom. The van der Waals surface area contributed by atoms with Crippen LogP contribution in [0.4, 0.5) is 5.69 Å². The average molecular weight is 332 g/mol. The third-order valence-corrected chi connectivity index (χ3v) is 3.72. The van der Waals surface area contributed by atoms with Crippen LogP contribution in [0.25, 0.3) is 0 Å². The zero-order valence-corrected chi connectivity index (χ0v) is 13.8. The molecule has 0 radical (unpaired) electrons. The van der Waals surface area contributed by atoms with Crippen molar-refractivity contribution in [3.8, 4) is 0 Å². The predicted molar refractivity (Wildman–Crippen MR) is 90.5 cm³/mol. The van der Waals surface area contributed by atoms with Gasteiger partial charge in [-0.25, -0.2) is 0 Å². The first-order valence-corrected chi connectivity index (χ1v) is 7.55. The molecule has 1 amide bonds. The summed E-state index contributed by atoms with van der Waals surface area (Å²) in [6, 6.07) is 16.0. The van der Waals surface area contributed by atoms with Crippen molar-refractivity contribution < 1.29 is 14.3 Å². The Labute approximate surface area is 140 Å². The molecule has 0 atom stereocenters. The number of nitrogens with one attached hydrogen (secondary N) is 1. The van der Waals surface area contributed by atoms with Crippen LogP contribution in [-0.4, -0.2) is 18.5 Å². The summed E-state index contributed by atoms with van der Waals surface area (Å²) in [4.78, 5) is 24.1. The standard InChI is InChI=1S/C18H18ClNO3/c1-18(2,13-6-4-3-5-7-13)17(22)23-12-16(21)20-15-10-8-14(19)9-11-15/h3-11H,12H2,1-2H3,(H,20,21). The molecule has 0 bridgehead atoms. The van der Waals surface area contributed by atoms with E-state index >= 15 is 0 Å². The molecule has 4 nitrogen and oxygen atoms in total. The molecule has 0 aromatic heterocycles. The summed E-state index contributed by atoms with van der Waals surface area (Å²) in [7, 11) is 0. The summed E-state index contributed by atoms with van der Waals surface area (Å²) < 4.78 is 5.14. The number of ether oxygens (including phenoxy) is 1. The summed E-state index contributed by atoms with van der Waals surface area (Å²) in [6.45, 7) is 3.20. The number of benzene rings is 2. The maximum Gasteiger partial charge on any atom is 0.316 e. The van der Waals surface area contributed by atoms with Gasteiger partial charge in [0.25, 0.3) is 5.91 Å². The fraction of sp³-hybridized carbons (Fsp3) is 0.222. The van der Waals surface area contributed by atoms with Gasteiger partial charge >= 0.3 is 5.97 Å². The second-order valence-corrected chi connectivity index (χ2v) is 6.06. The highest BCUT2D eigenvalue weighted by atomic mass is 35.5. The van der Waals surface area contributed by atoms with Crippen LogP contribution in [0, 0.1) is 0 Å². The summed E-state index contributed by atoms with van der Waals surface area (Å²) in [5, 5.41) is 3.22. The second-order valence-electron chi connectivity index (χ2n) is 5.62. The Bertz CT molecular complexity index is 681. The summed E-state index contributed by atoms with van der Waals surface area (Å²) in [5.74, 6) is -0.848. The van der Waals surface area contributed by atoms with E-state index in [1.165, 1.54) is 0 Å². The van der Waals surface area contributed by atoms with E-state index in [1.807, 2.05) is 30.3 Å². The van der Waals surface area contributed by atoms with Gasteiger partial charge in [-0.05, 0) is 43.7 Å². The maximum atomic E-state index is 12.2. The molecule has 0 spiro atoms. The van der Waals surface area contributed by atoms with Gasteiger partial charge in [-0.1, -0.05) is 41.9 Å². The molecule has 2 rings (SSSR count). The second kappa shape index (κ2) is 7.29. The van der Waals surface area contributed by atoms with Crippen molar-refractivity contribution in [3.63, 3.8) is 0 Å². The highest BCUT2D eigenvalue weighted by Crippen LogP contribution is 2.24. The third kappa shape index (κ3) is 4.57. The van der Waals surface area contributed by atoms with Gasteiger partial charge in [0.15, 0.2) is 6.61 Å². The molecule has 0 aliphatic rings. The Morgan fingerprint density at radius 3 is 2.26 bits per heavy atom. The molecule has 0 aliphatic heterocycles. The Kier molecular flexibility index (Phi) is 5.40. The topological polar surface area (TPSA) is 55.4 Å². The van der Waals surface area contributed by atoms with Crippen LogP contribution in [0.5, 0.6) is 0 Å². The minimum Gasteiger partial charge on any atom is -0.455 e. The lowest BCUT2D eigenvalue weighted by Gasteiger charge is -2.22. The van der Waals surface area contributed by atoms with Gasteiger partial charge in [0.2, 0.25) is 0 Å². The summed E-state index contributed by atoms with van der Waals surface area (Å²) in [6.07, 6.45) is 0. The zero-order valence-electron chi connectivity index (χ0n) is 13.0. The number of esters is 1. The number of rotatable bonds is 5. The van der Waals surface area contributed by atoms with Crippen LogP contribution in [-0.2, 0) is 19.7 Å². The van der Waals surface area contributed by atoms with Gasteiger partial charge in [-0.15, -0.1) is 0 Å². The monoisotopic (exact) mass is 331 g/mol. The molecule has 2 aromatic rings. The van der Waals surface area contributed by atoms with Crippen LogP contribution in [0.1, 0.15) is 19.4 Å². The van der Waals surface area contributed by atoms with E-state index in [9.17, 15) is 9.59 Å². The van der Waals surface area contributed by atoms with E-state index in [-0.39, 0.29) is 6.61 Å². The Balaban J connectivity index is 1.91. The van der Waals surface area contributed by atoms with Crippen molar-refractivity contribution in [2.24, 2.45) is 0 Å². The van der Waals surface area contributed by atoms with Gasteiger partial charge < -0.3 is 10.1 Å². The number of amides is 1. The quantitative estimate of drug-likeness (QED) is 0.848. The van der Waals surface area contributed by atoms with Gasteiger partial charge in [-0.3, -0.25) is 9.59 Å². The maximum absolute atomic E-state index is 12.2. The van der Waals surface area contributed by atoms with Crippen molar-refractivity contribution in [1.29, 1.82) is 0 Å². The molecule has 0 unspecified atom stereocenters. The van der Waals surface area contributed by atoms with Gasteiger partial charge in [0.1, 0.15) is 0 Å². The van der Waals surface area contributed by atoms with Crippen LogP contribution < -0.4 is 5.32 Å². The van der Waals surface area contributed by atoms with Crippen LogP contribution >= 0.6 is 11.6 Å². The van der Waals surface area contributed by atoms with E-state index in [1.54, 1.807) is 38.1 Å². The van der Waals surface area contributed by atoms with E-state index in [2.05, 4.69) is 5.32 Å². The average Bonchev–Trinajstić information content (AvgIpc) is 2.55. The first-order valence-electron chi connectivity index (χ1n) is 7.18. The highest BCUT2D eigenvalue weighted by Gasteiger charge is 2.31. The number of hydrogen-bond acceptors (Lipinski definition) is 3. The van der Waals surface area contributed by atoms with E-state index in [4.69, 9.17) is 16.3 Å². The fourth-order valence-corrected chi connectivity index (χ4v) is 2.14. The molecule has 0 saturated heterocycles. The van der Waals surface area contributed by atoms with Crippen LogP contribution in [0.15, 0.2) is 54.6 Å². The first-order chi connectivity index (χ1) is 10.9. The van der Waals surface area contributed by atoms with Gasteiger partial charge in [0.05, 0.1) is 5.41 Å². The smallest absolute Gasteiger partial charge is 0.316 e. The van der Waals surface area contributed by atoms with Crippen molar-refractivity contribution in [3.05, 3.63) is 65.2 Å². The van der Waals surface area contributed by atoms with E-state index < -0.39 is 17.3 Å².